The third kappa shape index (κ3) is 5.09. The highest BCUT2D eigenvalue weighted by Crippen LogP contribution is 2.07. The molecule has 0 aromatic rings. The van der Waals surface area contributed by atoms with Crippen LogP contribution in [0.5, 0.6) is 0 Å². The van der Waals surface area contributed by atoms with Gasteiger partial charge in [-0.15, -0.1) is 0 Å². The Kier molecular flexibility index (Phi) is 3.89. The average molecular weight is 177 g/mol. The molecular weight excluding hydrogens is 162 g/mol. The Morgan fingerprint density at radius 2 is 2.09 bits per heavy atom. The zero-order valence-corrected chi connectivity index (χ0v) is 8.02. The fraction of sp³-hybridized carbons (Fsp3) is 0.857. The lowest BCUT2D eigenvalue weighted by molar-refractivity contribution is -0.155. The Labute approximate surface area is 72.7 Å². The molecule has 0 aromatic carbocycles. The van der Waals surface area contributed by atoms with E-state index in [1.807, 2.05) is 0 Å². The second-order valence-electron chi connectivity index (χ2n) is 3.32. The van der Waals surface area contributed by atoms with Crippen molar-refractivity contribution in [2.24, 2.45) is 5.73 Å². The maximum Gasteiger partial charge on any atom is 0.324 e. The molecule has 3 nitrogen and oxygen atoms in total. The van der Waals surface area contributed by atoms with Gasteiger partial charge in [0.05, 0.1) is 0 Å². The Morgan fingerprint density at radius 3 is 2.36 bits per heavy atom. The van der Waals surface area contributed by atoms with Crippen LogP contribution in [0, 0.1) is 0 Å². The van der Waals surface area contributed by atoms with E-state index in [0.29, 0.717) is 5.75 Å². The van der Waals surface area contributed by atoms with Crippen molar-refractivity contribution in [1.29, 1.82) is 0 Å². The van der Waals surface area contributed by atoms with E-state index in [9.17, 15) is 4.79 Å². The maximum atomic E-state index is 11.0. The van der Waals surface area contributed by atoms with E-state index < -0.39 is 17.6 Å². The fourth-order valence-corrected chi connectivity index (χ4v) is 0.601. The summed E-state index contributed by atoms with van der Waals surface area (Å²) in [5.74, 6) is -0.0814. The van der Waals surface area contributed by atoms with E-state index in [0.717, 1.165) is 0 Å². The van der Waals surface area contributed by atoms with Gasteiger partial charge in [-0.3, -0.25) is 4.79 Å². The van der Waals surface area contributed by atoms with Crippen LogP contribution in [0.3, 0.4) is 0 Å². The van der Waals surface area contributed by atoms with E-state index in [1.54, 1.807) is 20.8 Å². The lowest BCUT2D eigenvalue weighted by atomic mass is 10.2. The molecular formula is C7H15NO2S. The summed E-state index contributed by atoms with van der Waals surface area (Å²) in [6.07, 6.45) is 0. The number of hydrogen-bond acceptors (Lipinski definition) is 4. The van der Waals surface area contributed by atoms with Crippen molar-refractivity contribution in [2.45, 2.75) is 32.4 Å². The largest absolute Gasteiger partial charge is 0.459 e. The molecule has 11 heavy (non-hydrogen) atoms. The molecule has 0 aliphatic rings. The summed E-state index contributed by atoms with van der Waals surface area (Å²) in [5, 5.41) is 0. The highest BCUT2D eigenvalue weighted by molar-refractivity contribution is 7.80. The Bertz CT molecular complexity index is 142. The average Bonchev–Trinajstić information content (AvgIpc) is 1.82. The van der Waals surface area contributed by atoms with Crippen molar-refractivity contribution in [1.82, 2.24) is 0 Å². The van der Waals surface area contributed by atoms with Gasteiger partial charge < -0.3 is 10.5 Å². The van der Waals surface area contributed by atoms with Crippen molar-refractivity contribution in [3.63, 3.8) is 0 Å². The quantitative estimate of drug-likeness (QED) is 0.479. The summed E-state index contributed by atoms with van der Waals surface area (Å²) in [5.41, 5.74) is 4.91. The van der Waals surface area contributed by atoms with Gasteiger partial charge in [0, 0.05) is 5.75 Å². The van der Waals surface area contributed by atoms with E-state index in [-0.39, 0.29) is 0 Å². The minimum absolute atomic E-state index is 0.314. The summed E-state index contributed by atoms with van der Waals surface area (Å²) in [6.45, 7) is 5.41. The van der Waals surface area contributed by atoms with Gasteiger partial charge in [-0.1, -0.05) is 0 Å². The van der Waals surface area contributed by atoms with Crippen molar-refractivity contribution in [3.05, 3.63) is 0 Å². The molecule has 0 aliphatic heterocycles. The summed E-state index contributed by atoms with van der Waals surface area (Å²) in [6, 6.07) is -0.613. The van der Waals surface area contributed by atoms with E-state index in [2.05, 4.69) is 12.6 Å². The highest BCUT2D eigenvalue weighted by Gasteiger charge is 2.20. The standard InChI is InChI=1S/C7H15NO2S/c1-7(2,3)10-6(9)5(8)4-11/h5,11H,4,8H2,1-3H3/t5-/m0/s1. The topological polar surface area (TPSA) is 52.3 Å². The third-order valence-corrected chi connectivity index (χ3v) is 1.30. The molecule has 0 bridgehead atoms. The van der Waals surface area contributed by atoms with E-state index in [1.165, 1.54) is 0 Å². The molecule has 1 atom stereocenters. The summed E-state index contributed by atoms with van der Waals surface area (Å²) in [7, 11) is 0. The molecule has 4 heteroatoms. The second kappa shape index (κ2) is 3.97. The van der Waals surface area contributed by atoms with E-state index >= 15 is 0 Å². The normalized spacial score (nSPS) is 14.3. The smallest absolute Gasteiger partial charge is 0.324 e. The molecule has 0 spiro atoms. The van der Waals surface area contributed by atoms with Gasteiger partial charge in [-0.25, -0.2) is 0 Å². The number of carbonyl (C=O) groups excluding carboxylic acids is 1. The molecule has 0 saturated carbocycles. The summed E-state index contributed by atoms with van der Waals surface area (Å²) >= 11 is 3.88. The summed E-state index contributed by atoms with van der Waals surface area (Å²) in [4.78, 5) is 11.0. The molecule has 0 aliphatic carbocycles. The van der Waals surface area contributed by atoms with Crippen molar-refractivity contribution < 1.29 is 9.53 Å². The maximum absolute atomic E-state index is 11.0. The first-order valence-corrected chi connectivity index (χ1v) is 4.09. The van der Waals surface area contributed by atoms with Gasteiger partial charge >= 0.3 is 5.97 Å². The van der Waals surface area contributed by atoms with Crippen molar-refractivity contribution in [3.8, 4) is 0 Å². The van der Waals surface area contributed by atoms with E-state index in [4.69, 9.17) is 10.5 Å². The molecule has 0 aromatic heterocycles. The molecule has 0 rings (SSSR count). The number of nitrogens with two attached hydrogens (primary N) is 1. The molecule has 0 unspecified atom stereocenters. The zero-order valence-electron chi connectivity index (χ0n) is 7.13. The van der Waals surface area contributed by atoms with Gasteiger partial charge in [0.15, 0.2) is 0 Å². The van der Waals surface area contributed by atoms with Gasteiger partial charge in [0.1, 0.15) is 11.6 Å². The van der Waals surface area contributed by atoms with Crippen LogP contribution in [-0.4, -0.2) is 23.4 Å². The van der Waals surface area contributed by atoms with Crippen LogP contribution in [0.4, 0.5) is 0 Å². The van der Waals surface area contributed by atoms with Crippen molar-refractivity contribution >= 4 is 18.6 Å². The van der Waals surface area contributed by atoms with Crippen LogP contribution < -0.4 is 5.73 Å². The second-order valence-corrected chi connectivity index (χ2v) is 3.69. The van der Waals surface area contributed by atoms with Gasteiger partial charge in [0.2, 0.25) is 0 Å². The number of rotatable bonds is 2. The Balaban J connectivity index is 3.88. The van der Waals surface area contributed by atoms with Crippen LogP contribution >= 0.6 is 12.6 Å². The highest BCUT2D eigenvalue weighted by atomic mass is 32.1. The Hall–Kier alpha value is -0.220. The SMILES string of the molecule is CC(C)(C)OC(=O)[C@@H](N)CS. The first-order valence-electron chi connectivity index (χ1n) is 3.46. The fourth-order valence-electron chi connectivity index (χ4n) is 0.452. The summed E-state index contributed by atoms with van der Waals surface area (Å²) < 4.78 is 4.98. The molecule has 0 amide bonds. The lowest BCUT2D eigenvalue weighted by Crippen LogP contribution is -2.38. The van der Waals surface area contributed by atoms with Crippen LogP contribution in [0.2, 0.25) is 0 Å². The first-order chi connectivity index (χ1) is 4.87. The lowest BCUT2D eigenvalue weighted by Gasteiger charge is -2.21. The molecule has 0 heterocycles. The van der Waals surface area contributed by atoms with Crippen LogP contribution in [-0.2, 0) is 9.53 Å². The molecule has 2 N–H and O–H groups in total. The van der Waals surface area contributed by atoms with Gasteiger partial charge in [0.25, 0.3) is 0 Å². The van der Waals surface area contributed by atoms with Gasteiger partial charge in [-0.2, -0.15) is 12.6 Å². The number of ether oxygens (including phenoxy) is 1. The molecule has 0 fully saturated rings. The van der Waals surface area contributed by atoms with Crippen LogP contribution in [0.15, 0.2) is 0 Å². The monoisotopic (exact) mass is 177 g/mol. The number of thiol groups is 1. The minimum atomic E-state index is -0.613. The number of carbonyl (C=O) groups is 1. The van der Waals surface area contributed by atoms with Crippen LogP contribution in [0.1, 0.15) is 20.8 Å². The first kappa shape index (κ1) is 10.8. The predicted octanol–water partition coefficient (Wildman–Crippen LogP) is 0.585. The van der Waals surface area contributed by atoms with Crippen molar-refractivity contribution in [2.75, 3.05) is 5.75 Å². The minimum Gasteiger partial charge on any atom is -0.459 e. The molecule has 66 valence electrons. The number of hydrogen-bond donors (Lipinski definition) is 2. The number of esters is 1. The zero-order chi connectivity index (χ0) is 9.07. The molecule has 0 saturated heterocycles. The van der Waals surface area contributed by atoms with Crippen LogP contribution in [0.25, 0.3) is 0 Å². The molecule has 0 radical (unpaired) electrons. The third-order valence-electron chi connectivity index (χ3n) is 0.906. The Morgan fingerprint density at radius 1 is 1.64 bits per heavy atom. The van der Waals surface area contributed by atoms with Gasteiger partial charge in [-0.05, 0) is 20.8 Å². The predicted molar refractivity (Wildman–Crippen MR) is 47.7 cm³/mol.